The largest absolute Gasteiger partial charge is 0.384 e. The third kappa shape index (κ3) is 4.80. The molecule has 0 bridgehead atoms. The molecule has 0 aromatic carbocycles. The fourth-order valence-corrected chi connectivity index (χ4v) is 3.97. The van der Waals surface area contributed by atoms with Crippen molar-refractivity contribution >= 4 is 0 Å². The van der Waals surface area contributed by atoms with Gasteiger partial charge < -0.3 is 4.74 Å². The van der Waals surface area contributed by atoms with E-state index in [1.165, 1.54) is 51.4 Å². The van der Waals surface area contributed by atoms with Crippen molar-refractivity contribution < 1.29 is 4.74 Å². The van der Waals surface area contributed by atoms with E-state index in [2.05, 4.69) is 6.07 Å². The van der Waals surface area contributed by atoms with Crippen LogP contribution in [0.5, 0.6) is 0 Å². The van der Waals surface area contributed by atoms with Crippen LogP contribution < -0.4 is 0 Å². The Hall–Kier alpha value is -0.550. The lowest BCUT2D eigenvalue weighted by atomic mass is 9.76. The third-order valence-corrected chi connectivity index (χ3v) is 5.38. The Morgan fingerprint density at radius 2 is 1.32 bits per heavy atom. The van der Waals surface area contributed by atoms with Crippen molar-refractivity contribution in [3.63, 3.8) is 0 Å². The number of nitriles is 1. The van der Waals surface area contributed by atoms with Crippen LogP contribution in [-0.2, 0) is 4.74 Å². The lowest BCUT2D eigenvalue weighted by Crippen LogP contribution is -2.19. The maximum Gasteiger partial charge on any atom is 0.0655 e. The standard InChI is InChI=1S/C17H29NO/c1-19-13-17-10-6-15(7-11-17)3-2-14-4-8-16(12-18)9-5-14/h14-17H,2-11,13H2,1H3/t14-,15?,16-,17?. The topological polar surface area (TPSA) is 33.0 Å². The van der Waals surface area contributed by atoms with Crippen molar-refractivity contribution in [2.75, 3.05) is 13.7 Å². The predicted octanol–water partition coefficient (Wildman–Crippen LogP) is 4.55. The Balaban J connectivity index is 1.58. The van der Waals surface area contributed by atoms with Gasteiger partial charge in [0, 0.05) is 19.6 Å². The molecule has 2 nitrogen and oxygen atoms in total. The van der Waals surface area contributed by atoms with Gasteiger partial charge in [0.25, 0.3) is 0 Å². The summed E-state index contributed by atoms with van der Waals surface area (Å²) in [5, 5.41) is 8.92. The van der Waals surface area contributed by atoms with Crippen molar-refractivity contribution in [1.29, 1.82) is 5.26 Å². The molecule has 0 aliphatic heterocycles. The highest BCUT2D eigenvalue weighted by Crippen LogP contribution is 2.36. The van der Waals surface area contributed by atoms with Crippen LogP contribution in [0, 0.1) is 35.0 Å². The molecule has 2 saturated carbocycles. The van der Waals surface area contributed by atoms with Crippen molar-refractivity contribution in [3.8, 4) is 6.07 Å². The maximum atomic E-state index is 8.92. The Bertz CT molecular complexity index is 280. The molecule has 2 heteroatoms. The van der Waals surface area contributed by atoms with E-state index in [0.717, 1.165) is 37.2 Å². The molecule has 108 valence electrons. The molecular weight excluding hydrogens is 234 g/mol. The average Bonchev–Trinajstić information content (AvgIpc) is 2.47. The van der Waals surface area contributed by atoms with Crippen molar-refractivity contribution in [2.24, 2.45) is 23.7 Å². The molecule has 0 unspecified atom stereocenters. The quantitative estimate of drug-likeness (QED) is 0.729. The summed E-state index contributed by atoms with van der Waals surface area (Å²) in [6, 6.07) is 2.43. The minimum atomic E-state index is 0.362. The van der Waals surface area contributed by atoms with E-state index in [1.54, 1.807) is 0 Å². The highest BCUT2D eigenvalue weighted by Gasteiger charge is 2.24. The maximum absolute atomic E-state index is 8.92. The van der Waals surface area contributed by atoms with E-state index < -0.39 is 0 Å². The van der Waals surface area contributed by atoms with E-state index in [-0.39, 0.29) is 0 Å². The summed E-state index contributed by atoms with van der Waals surface area (Å²) in [7, 11) is 1.82. The van der Waals surface area contributed by atoms with Crippen molar-refractivity contribution in [3.05, 3.63) is 0 Å². The Morgan fingerprint density at radius 3 is 1.79 bits per heavy atom. The molecular formula is C17H29NO. The van der Waals surface area contributed by atoms with Gasteiger partial charge in [-0.05, 0) is 56.3 Å². The molecule has 19 heavy (non-hydrogen) atoms. The molecule has 0 saturated heterocycles. The monoisotopic (exact) mass is 263 g/mol. The fourth-order valence-electron chi connectivity index (χ4n) is 3.97. The number of ether oxygens (including phenoxy) is 1. The number of nitrogens with zero attached hydrogens (tertiary/aromatic N) is 1. The van der Waals surface area contributed by atoms with E-state index in [9.17, 15) is 0 Å². The minimum absolute atomic E-state index is 0.362. The summed E-state index contributed by atoms with van der Waals surface area (Å²) in [6.07, 6.45) is 13.3. The molecule has 2 rings (SSSR count). The molecule has 0 atom stereocenters. The Kier molecular flexibility index (Phi) is 6.17. The average molecular weight is 263 g/mol. The SMILES string of the molecule is COCC1CCC(CC[C@H]2CC[C@H](C#N)CC2)CC1. The first kappa shape index (κ1) is 14.9. The zero-order valence-electron chi connectivity index (χ0n) is 12.4. The molecule has 0 radical (unpaired) electrons. The third-order valence-electron chi connectivity index (χ3n) is 5.38. The first-order valence-corrected chi connectivity index (χ1v) is 8.20. The Morgan fingerprint density at radius 1 is 0.842 bits per heavy atom. The zero-order chi connectivity index (χ0) is 13.5. The second-order valence-electron chi connectivity index (χ2n) is 6.77. The normalized spacial score (nSPS) is 35.8. The van der Waals surface area contributed by atoms with Gasteiger partial charge in [0.1, 0.15) is 0 Å². The minimum Gasteiger partial charge on any atom is -0.384 e. The molecule has 2 aliphatic carbocycles. The van der Waals surface area contributed by atoms with Gasteiger partial charge in [0.15, 0.2) is 0 Å². The van der Waals surface area contributed by atoms with E-state index in [1.807, 2.05) is 7.11 Å². The lowest BCUT2D eigenvalue weighted by molar-refractivity contribution is 0.115. The summed E-state index contributed by atoms with van der Waals surface area (Å²) < 4.78 is 5.27. The van der Waals surface area contributed by atoms with E-state index in [4.69, 9.17) is 10.00 Å². The van der Waals surface area contributed by atoms with Gasteiger partial charge in [-0.25, -0.2) is 0 Å². The summed E-state index contributed by atoms with van der Waals surface area (Å²) in [5.74, 6) is 3.08. The number of hydrogen-bond donors (Lipinski definition) is 0. The van der Waals surface area contributed by atoms with E-state index >= 15 is 0 Å². The predicted molar refractivity (Wildman–Crippen MR) is 77.6 cm³/mol. The van der Waals surface area contributed by atoms with Crippen molar-refractivity contribution in [2.45, 2.75) is 64.2 Å². The number of hydrogen-bond acceptors (Lipinski definition) is 2. The van der Waals surface area contributed by atoms with Gasteiger partial charge in [-0.15, -0.1) is 0 Å². The first-order valence-electron chi connectivity index (χ1n) is 8.20. The molecule has 0 N–H and O–H groups in total. The molecule has 2 fully saturated rings. The van der Waals surface area contributed by atoms with E-state index in [0.29, 0.717) is 5.92 Å². The van der Waals surface area contributed by atoms with Gasteiger partial charge in [-0.2, -0.15) is 5.26 Å². The van der Waals surface area contributed by atoms with Crippen LogP contribution in [0.25, 0.3) is 0 Å². The highest BCUT2D eigenvalue weighted by molar-refractivity contribution is 4.87. The van der Waals surface area contributed by atoms with Crippen LogP contribution in [0.4, 0.5) is 0 Å². The van der Waals surface area contributed by atoms with Crippen molar-refractivity contribution in [1.82, 2.24) is 0 Å². The summed E-state index contributed by atoms with van der Waals surface area (Å²) in [6.45, 7) is 0.963. The van der Waals surface area contributed by atoms with Gasteiger partial charge in [-0.3, -0.25) is 0 Å². The molecule has 2 aliphatic rings. The molecule has 0 aromatic rings. The number of methoxy groups -OCH3 is 1. The van der Waals surface area contributed by atoms with Crippen LogP contribution in [-0.4, -0.2) is 13.7 Å². The molecule has 0 spiro atoms. The van der Waals surface area contributed by atoms with Crippen LogP contribution in [0.15, 0.2) is 0 Å². The lowest BCUT2D eigenvalue weighted by Gasteiger charge is -2.30. The second-order valence-corrected chi connectivity index (χ2v) is 6.77. The van der Waals surface area contributed by atoms with Crippen LogP contribution in [0.3, 0.4) is 0 Å². The van der Waals surface area contributed by atoms with Gasteiger partial charge in [0.2, 0.25) is 0 Å². The van der Waals surface area contributed by atoms with Gasteiger partial charge in [-0.1, -0.05) is 25.7 Å². The molecule has 0 heterocycles. The summed E-state index contributed by atoms with van der Waals surface area (Å²) in [5.41, 5.74) is 0. The summed E-state index contributed by atoms with van der Waals surface area (Å²) in [4.78, 5) is 0. The Labute approximate surface area is 118 Å². The van der Waals surface area contributed by atoms with Crippen LogP contribution in [0.2, 0.25) is 0 Å². The van der Waals surface area contributed by atoms with Gasteiger partial charge in [0.05, 0.1) is 6.07 Å². The van der Waals surface area contributed by atoms with Gasteiger partial charge >= 0.3 is 0 Å². The highest BCUT2D eigenvalue weighted by atomic mass is 16.5. The second kappa shape index (κ2) is 7.90. The van der Waals surface area contributed by atoms with Crippen LogP contribution in [0.1, 0.15) is 64.2 Å². The fraction of sp³-hybridized carbons (Fsp3) is 0.941. The van der Waals surface area contributed by atoms with Crippen LogP contribution >= 0.6 is 0 Å². The number of rotatable bonds is 5. The molecule has 0 amide bonds. The molecule has 0 aromatic heterocycles. The zero-order valence-corrected chi connectivity index (χ0v) is 12.4. The first-order chi connectivity index (χ1) is 9.31. The smallest absolute Gasteiger partial charge is 0.0655 e. The summed E-state index contributed by atoms with van der Waals surface area (Å²) >= 11 is 0.